The van der Waals surface area contributed by atoms with Crippen LogP contribution in [0.15, 0.2) is 65.7 Å². The van der Waals surface area contributed by atoms with Gasteiger partial charge in [0.2, 0.25) is 0 Å². The van der Waals surface area contributed by atoms with Crippen molar-refractivity contribution in [1.82, 2.24) is 0 Å². The maximum Gasteiger partial charge on any atom is 0.294 e. The van der Waals surface area contributed by atoms with E-state index in [0.717, 1.165) is 5.56 Å². The van der Waals surface area contributed by atoms with Gasteiger partial charge in [-0.15, -0.1) is 0 Å². The number of rotatable bonds is 4. The molecule has 2 aromatic rings. The molecule has 4 heteroatoms. The van der Waals surface area contributed by atoms with Gasteiger partial charge in [-0.3, -0.25) is 10.1 Å². The number of hydrogen-bond acceptors (Lipinski definition) is 3. The van der Waals surface area contributed by atoms with Crippen molar-refractivity contribution in [1.29, 1.82) is 0 Å². The predicted octanol–water partition coefficient (Wildman–Crippen LogP) is 4.01. The van der Waals surface area contributed by atoms with Crippen LogP contribution in [0.1, 0.15) is 5.56 Å². The van der Waals surface area contributed by atoms with E-state index >= 15 is 0 Å². The molecule has 0 aliphatic carbocycles. The normalized spacial score (nSPS) is 11.2. The Balaban J connectivity index is 2.12. The third-order valence-corrected chi connectivity index (χ3v) is 2.47. The van der Waals surface area contributed by atoms with Crippen LogP contribution in [-0.4, -0.2) is 11.1 Å². The molecule has 0 atom stereocenters. The second kappa shape index (κ2) is 6.26. The van der Waals surface area contributed by atoms with E-state index in [-0.39, 0.29) is 5.69 Å². The minimum absolute atomic E-state index is 0.00635. The monoisotopic (exact) mass is 252 g/mol. The van der Waals surface area contributed by atoms with Crippen molar-refractivity contribution in [2.75, 3.05) is 0 Å². The molecule has 0 saturated heterocycles. The highest BCUT2D eigenvalue weighted by atomic mass is 16.6. The van der Waals surface area contributed by atoms with E-state index in [2.05, 4.69) is 4.99 Å². The first-order chi connectivity index (χ1) is 9.27. The van der Waals surface area contributed by atoms with Crippen LogP contribution in [0.2, 0.25) is 0 Å². The van der Waals surface area contributed by atoms with Gasteiger partial charge in [0.1, 0.15) is 5.69 Å². The molecule has 94 valence electrons. The molecule has 0 heterocycles. The van der Waals surface area contributed by atoms with E-state index in [1.807, 2.05) is 36.4 Å². The van der Waals surface area contributed by atoms with Crippen LogP contribution in [0.4, 0.5) is 11.4 Å². The van der Waals surface area contributed by atoms with Crippen LogP contribution in [-0.2, 0) is 0 Å². The molecule has 0 fully saturated rings. The summed E-state index contributed by atoms with van der Waals surface area (Å²) in [6.45, 7) is 0. The molecule has 0 radical (unpaired) electrons. The zero-order valence-electron chi connectivity index (χ0n) is 10.1. The highest BCUT2D eigenvalue weighted by Crippen LogP contribution is 2.25. The maximum absolute atomic E-state index is 10.8. The Bertz CT molecular complexity index is 619. The van der Waals surface area contributed by atoms with Gasteiger partial charge < -0.3 is 0 Å². The summed E-state index contributed by atoms with van der Waals surface area (Å²) >= 11 is 0. The fourth-order valence-corrected chi connectivity index (χ4v) is 1.57. The summed E-state index contributed by atoms with van der Waals surface area (Å²) in [7, 11) is 0. The minimum atomic E-state index is -0.437. The number of nitro benzene ring substituents is 1. The number of aliphatic imine (C=N–C) groups is 1. The molecule has 2 rings (SSSR count). The molecule has 0 aliphatic rings. The van der Waals surface area contributed by atoms with Crippen molar-refractivity contribution in [2.24, 2.45) is 4.99 Å². The van der Waals surface area contributed by atoms with Crippen LogP contribution >= 0.6 is 0 Å². The van der Waals surface area contributed by atoms with Gasteiger partial charge in [-0.1, -0.05) is 48.5 Å². The SMILES string of the molecule is O=[N+]([O-])c1ccccc1N=C/C=C\c1ccccc1. The summed E-state index contributed by atoms with van der Waals surface area (Å²) < 4.78 is 0. The molecule has 0 bridgehead atoms. The van der Waals surface area contributed by atoms with Crippen LogP contribution in [0, 0.1) is 10.1 Å². The fourth-order valence-electron chi connectivity index (χ4n) is 1.57. The Kier molecular flexibility index (Phi) is 4.18. The maximum atomic E-state index is 10.8. The van der Waals surface area contributed by atoms with E-state index in [1.54, 1.807) is 30.5 Å². The van der Waals surface area contributed by atoms with Crippen molar-refractivity contribution in [2.45, 2.75) is 0 Å². The van der Waals surface area contributed by atoms with Crippen LogP contribution < -0.4 is 0 Å². The van der Waals surface area contributed by atoms with Gasteiger partial charge in [-0.2, -0.15) is 0 Å². The number of hydrogen-bond donors (Lipinski definition) is 0. The van der Waals surface area contributed by atoms with Crippen LogP contribution in [0.3, 0.4) is 0 Å². The molecule has 2 aromatic carbocycles. The Morgan fingerprint density at radius 2 is 1.68 bits per heavy atom. The molecule has 0 aliphatic heterocycles. The molecule has 0 saturated carbocycles. The number of nitro groups is 1. The minimum Gasteiger partial charge on any atom is -0.258 e. The van der Waals surface area contributed by atoms with E-state index in [9.17, 15) is 10.1 Å². The van der Waals surface area contributed by atoms with Gasteiger partial charge >= 0.3 is 0 Å². The average Bonchev–Trinajstić information content (AvgIpc) is 2.45. The number of benzene rings is 2. The van der Waals surface area contributed by atoms with Crippen LogP contribution in [0.5, 0.6) is 0 Å². The lowest BCUT2D eigenvalue weighted by molar-refractivity contribution is -0.384. The Morgan fingerprint density at radius 3 is 2.42 bits per heavy atom. The summed E-state index contributed by atoms with van der Waals surface area (Å²) in [6.07, 6.45) is 5.19. The van der Waals surface area contributed by atoms with E-state index in [0.29, 0.717) is 5.69 Å². The lowest BCUT2D eigenvalue weighted by atomic mass is 10.2. The van der Waals surface area contributed by atoms with Crippen molar-refractivity contribution in [3.63, 3.8) is 0 Å². The fraction of sp³-hybridized carbons (Fsp3) is 0. The van der Waals surface area contributed by atoms with Gasteiger partial charge in [0.25, 0.3) is 5.69 Å². The molecule has 4 nitrogen and oxygen atoms in total. The summed E-state index contributed by atoms with van der Waals surface area (Å²) in [5.74, 6) is 0. The Labute approximate surface area is 110 Å². The third-order valence-electron chi connectivity index (χ3n) is 2.47. The topological polar surface area (TPSA) is 55.5 Å². The zero-order valence-corrected chi connectivity index (χ0v) is 10.1. The molecule has 0 amide bonds. The van der Waals surface area contributed by atoms with E-state index in [4.69, 9.17) is 0 Å². The van der Waals surface area contributed by atoms with Gasteiger partial charge in [-0.25, -0.2) is 4.99 Å². The first-order valence-electron chi connectivity index (χ1n) is 5.76. The Hall–Kier alpha value is -2.75. The quantitative estimate of drug-likeness (QED) is 0.469. The van der Waals surface area contributed by atoms with Gasteiger partial charge in [-0.05, 0) is 17.7 Å². The number of allylic oxidation sites excluding steroid dienone is 1. The van der Waals surface area contributed by atoms with Gasteiger partial charge in [0, 0.05) is 12.3 Å². The highest BCUT2D eigenvalue weighted by Gasteiger charge is 2.09. The van der Waals surface area contributed by atoms with Crippen molar-refractivity contribution >= 4 is 23.7 Å². The molecule has 0 unspecified atom stereocenters. The molecule has 0 spiro atoms. The molecular weight excluding hydrogens is 240 g/mol. The average molecular weight is 252 g/mol. The second-order valence-corrected chi connectivity index (χ2v) is 3.79. The standard InChI is InChI=1S/C15H12N2O2/c18-17(19)15-11-5-4-10-14(15)16-12-6-9-13-7-2-1-3-8-13/h1-12H/b9-6-,16-12?. The first kappa shape index (κ1) is 12.7. The summed E-state index contributed by atoms with van der Waals surface area (Å²) in [5.41, 5.74) is 1.41. The van der Waals surface area contributed by atoms with Gasteiger partial charge in [0.15, 0.2) is 0 Å². The number of nitrogens with zero attached hydrogens (tertiary/aromatic N) is 2. The molecule has 0 aromatic heterocycles. The largest absolute Gasteiger partial charge is 0.294 e. The third kappa shape index (κ3) is 3.61. The summed E-state index contributed by atoms with van der Waals surface area (Å²) in [5, 5.41) is 10.8. The van der Waals surface area contributed by atoms with Gasteiger partial charge in [0.05, 0.1) is 4.92 Å². The summed E-state index contributed by atoms with van der Waals surface area (Å²) in [6, 6.07) is 16.2. The predicted molar refractivity (Wildman–Crippen MR) is 76.7 cm³/mol. The van der Waals surface area contributed by atoms with Crippen molar-refractivity contribution < 1.29 is 4.92 Å². The van der Waals surface area contributed by atoms with E-state index < -0.39 is 4.92 Å². The second-order valence-electron chi connectivity index (χ2n) is 3.79. The smallest absolute Gasteiger partial charge is 0.258 e. The molecule has 19 heavy (non-hydrogen) atoms. The summed E-state index contributed by atoms with van der Waals surface area (Å²) in [4.78, 5) is 14.4. The number of para-hydroxylation sites is 2. The first-order valence-corrected chi connectivity index (χ1v) is 5.76. The molecular formula is C15H12N2O2. The zero-order chi connectivity index (χ0) is 13.5. The lowest BCUT2D eigenvalue weighted by Gasteiger charge is -1.94. The Morgan fingerprint density at radius 1 is 1.00 bits per heavy atom. The van der Waals surface area contributed by atoms with Crippen molar-refractivity contribution in [3.05, 3.63) is 76.4 Å². The van der Waals surface area contributed by atoms with Crippen molar-refractivity contribution in [3.8, 4) is 0 Å². The lowest BCUT2D eigenvalue weighted by Crippen LogP contribution is -1.87. The highest BCUT2D eigenvalue weighted by molar-refractivity contribution is 5.81. The van der Waals surface area contributed by atoms with E-state index in [1.165, 1.54) is 6.07 Å². The molecule has 0 N–H and O–H groups in total. The van der Waals surface area contributed by atoms with Crippen LogP contribution in [0.25, 0.3) is 6.08 Å².